The van der Waals surface area contributed by atoms with E-state index in [1.165, 1.54) is 11.3 Å². The zero-order chi connectivity index (χ0) is 11.7. The molecule has 3 nitrogen and oxygen atoms in total. The fraction of sp³-hybridized carbons (Fsp3) is 0.308. The molecule has 0 saturated heterocycles. The van der Waals surface area contributed by atoms with Crippen LogP contribution in [0.2, 0.25) is 0 Å². The second-order valence-electron chi connectivity index (χ2n) is 4.04. The van der Waals surface area contributed by atoms with E-state index in [2.05, 4.69) is 35.7 Å². The molecule has 0 radical (unpaired) electrons. The number of hydrogen-bond acceptors (Lipinski definition) is 2. The molecule has 1 aromatic carbocycles. The molecule has 1 heterocycles. The Bertz CT molecular complexity index is 470. The first-order valence-electron chi connectivity index (χ1n) is 5.31. The van der Waals surface area contributed by atoms with Crippen LogP contribution in [0.5, 0.6) is 0 Å². The summed E-state index contributed by atoms with van der Waals surface area (Å²) < 4.78 is 0. The van der Waals surface area contributed by atoms with Gasteiger partial charge in [-0.1, -0.05) is 24.8 Å². The smallest absolute Gasteiger partial charge is 0.243 e. The molecule has 0 fully saturated rings. The molecule has 0 bridgehead atoms. The second kappa shape index (κ2) is 3.90. The van der Waals surface area contributed by atoms with Gasteiger partial charge in [-0.25, -0.2) is 0 Å². The summed E-state index contributed by atoms with van der Waals surface area (Å²) in [5, 5.41) is 0. The summed E-state index contributed by atoms with van der Waals surface area (Å²) in [4.78, 5) is 7.65. The molecule has 82 valence electrons. The van der Waals surface area contributed by atoms with E-state index in [1.807, 2.05) is 30.3 Å². The SMILES string of the molecule is [C-]#[N+]C1=CN(c2ccccc2C)[C@@H](C)N1C. The maximum atomic E-state index is 7.11. The third kappa shape index (κ3) is 1.53. The zero-order valence-electron chi connectivity index (χ0n) is 9.81. The first-order valence-corrected chi connectivity index (χ1v) is 5.31. The fourth-order valence-corrected chi connectivity index (χ4v) is 1.93. The molecule has 3 heteroatoms. The Kier molecular flexibility index (Phi) is 2.57. The summed E-state index contributed by atoms with van der Waals surface area (Å²) >= 11 is 0. The predicted octanol–water partition coefficient (Wildman–Crippen LogP) is 2.81. The number of aryl methyl sites for hydroxylation is 1. The van der Waals surface area contributed by atoms with Gasteiger partial charge >= 0.3 is 0 Å². The average Bonchev–Trinajstić information content (AvgIpc) is 2.57. The first kappa shape index (κ1) is 10.6. The summed E-state index contributed by atoms with van der Waals surface area (Å²) in [6, 6.07) is 8.23. The highest BCUT2D eigenvalue weighted by Gasteiger charge is 2.29. The van der Waals surface area contributed by atoms with Crippen LogP contribution in [0.15, 0.2) is 36.3 Å². The van der Waals surface area contributed by atoms with Gasteiger partial charge < -0.3 is 14.6 Å². The molecule has 1 aromatic rings. The number of rotatable bonds is 1. The van der Waals surface area contributed by atoms with Gasteiger partial charge in [-0.05, 0) is 25.5 Å². The Balaban J connectivity index is 2.41. The van der Waals surface area contributed by atoms with Gasteiger partial charge in [-0.3, -0.25) is 0 Å². The van der Waals surface area contributed by atoms with E-state index in [4.69, 9.17) is 6.57 Å². The standard InChI is InChI=1S/C13H15N3/c1-10-7-5-6-8-12(10)16-9-13(14-3)15(4)11(16)2/h5-9,11H,1-2,4H3/t11-/m0/s1. The number of para-hydroxylation sites is 1. The van der Waals surface area contributed by atoms with E-state index in [-0.39, 0.29) is 6.17 Å². The van der Waals surface area contributed by atoms with Crippen molar-refractivity contribution in [1.29, 1.82) is 0 Å². The normalized spacial score (nSPS) is 19.6. The topological polar surface area (TPSA) is 10.8 Å². The number of benzene rings is 1. The van der Waals surface area contributed by atoms with Gasteiger partial charge in [0.05, 0.1) is 7.05 Å². The number of nitrogens with zero attached hydrogens (tertiary/aromatic N) is 3. The molecule has 2 rings (SSSR count). The predicted molar refractivity (Wildman–Crippen MR) is 65.6 cm³/mol. The minimum atomic E-state index is 0.199. The van der Waals surface area contributed by atoms with Crippen molar-refractivity contribution < 1.29 is 0 Å². The summed E-state index contributed by atoms with van der Waals surface area (Å²) in [5.74, 6) is 0.691. The van der Waals surface area contributed by atoms with Crippen LogP contribution < -0.4 is 4.90 Å². The quantitative estimate of drug-likeness (QED) is 0.664. The molecule has 0 aromatic heterocycles. The highest BCUT2D eigenvalue weighted by atomic mass is 15.4. The average molecular weight is 213 g/mol. The lowest BCUT2D eigenvalue weighted by molar-refractivity contribution is 0.365. The molecule has 0 spiro atoms. The minimum Gasteiger partial charge on any atom is -0.363 e. The minimum absolute atomic E-state index is 0.199. The van der Waals surface area contributed by atoms with Gasteiger partial charge in [-0.2, -0.15) is 0 Å². The third-order valence-electron chi connectivity index (χ3n) is 3.09. The molecule has 0 amide bonds. The molecule has 0 aliphatic carbocycles. The van der Waals surface area contributed by atoms with Crippen molar-refractivity contribution in [2.24, 2.45) is 0 Å². The van der Waals surface area contributed by atoms with E-state index in [0.29, 0.717) is 5.82 Å². The number of anilines is 1. The summed E-state index contributed by atoms with van der Waals surface area (Å²) in [6.07, 6.45) is 2.12. The lowest BCUT2D eigenvalue weighted by atomic mass is 10.2. The molecular formula is C13H15N3. The first-order chi connectivity index (χ1) is 7.65. The Hall–Kier alpha value is -1.95. The molecule has 0 unspecified atom stereocenters. The molecule has 0 N–H and O–H groups in total. The van der Waals surface area contributed by atoms with Gasteiger partial charge in [0.1, 0.15) is 0 Å². The largest absolute Gasteiger partial charge is 0.363 e. The van der Waals surface area contributed by atoms with Crippen molar-refractivity contribution in [2.45, 2.75) is 20.0 Å². The van der Waals surface area contributed by atoms with Crippen molar-refractivity contribution >= 4 is 5.69 Å². The number of hydrogen-bond donors (Lipinski definition) is 0. The van der Waals surface area contributed by atoms with Crippen molar-refractivity contribution in [1.82, 2.24) is 4.90 Å². The summed E-state index contributed by atoms with van der Waals surface area (Å²) in [5.41, 5.74) is 2.39. The van der Waals surface area contributed by atoms with Crippen LogP contribution in [0, 0.1) is 13.5 Å². The maximum absolute atomic E-state index is 7.11. The van der Waals surface area contributed by atoms with Gasteiger partial charge in [0.2, 0.25) is 5.82 Å². The molecule has 1 atom stereocenters. The Morgan fingerprint density at radius 3 is 2.56 bits per heavy atom. The van der Waals surface area contributed by atoms with E-state index >= 15 is 0 Å². The van der Waals surface area contributed by atoms with Crippen LogP contribution in [0.25, 0.3) is 4.85 Å². The zero-order valence-corrected chi connectivity index (χ0v) is 9.81. The van der Waals surface area contributed by atoms with Crippen molar-refractivity contribution in [2.75, 3.05) is 11.9 Å². The monoisotopic (exact) mass is 213 g/mol. The van der Waals surface area contributed by atoms with Crippen LogP contribution in [0.4, 0.5) is 5.69 Å². The summed E-state index contributed by atoms with van der Waals surface area (Å²) in [6.45, 7) is 11.3. The Labute approximate surface area is 96.4 Å². The molecule has 1 aliphatic heterocycles. The van der Waals surface area contributed by atoms with Gasteiger partial charge in [0.15, 0.2) is 6.17 Å². The van der Waals surface area contributed by atoms with Crippen molar-refractivity contribution in [3.63, 3.8) is 0 Å². The maximum Gasteiger partial charge on any atom is 0.243 e. The van der Waals surface area contributed by atoms with E-state index in [1.54, 1.807) is 0 Å². The van der Waals surface area contributed by atoms with E-state index in [0.717, 1.165) is 0 Å². The van der Waals surface area contributed by atoms with Gasteiger partial charge in [0.25, 0.3) is 0 Å². The molecule has 0 saturated carbocycles. The lowest BCUT2D eigenvalue weighted by Crippen LogP contribution is -2.34. The van der Waals surface area contributed by atoms with Gasteiger partial charge in [-0.15, -0.1) is 0 Å². The lowest BCUT2D eigenvalue weighted by Gasteiger charge is -2.26. The molecule has 16 heavy (non-hydrogen) atoms. The highest BCUT2D eigenvalue weighted by molar-refractivity contribution is 5.58. The van der Waals surface area contributed by atoms with Gasteiger partial charge in [0, 0.05) is 11.9 Å². The van der Waals surface area contributed by atoms with E-state index in [9.17, 15) is 0 Å². The van der Waals surface area contributed by atoms with Crippen LogP contribution in [0.3, 0.4) is 0 Å². The van der Waals surface area contributed by atoms with Crippen molar-refractivity contribution in [3.8, 4) is 0 Å². The van der Waals surface area contributed by atoms with Crippen molar-refractivity contribution in [3.05, 3.63) is 53.3 Å². The molecular weight excluding hydrogens is 198 g/mol. The fourth-order valence-electron chi connectivity index (χ4n) is 1.93. The van der Waals surface area contributed by atoms with Crippen LogP contribution in [-0.4, -0.2) is 18.1 Å². The molecule has 1 aliphatic rings. The van der Waals surface area contributed by atoms with Crippen LogP contribution >= 0.6 is 0 Å². The highest BCUT2D eigenvalue weighted by Crippen LogP contribution is 2.29. The third-order valence-corrected chi connectivity index (χ3v) is 3.09. The Morgan fingerprint density at radius 1 is 1.31 bits per heavy atom. The summed E-state index contributed by atoms with van der Waals surface area (Å²) in [7, 11) is 1.95. The van der Waals surface area contributed by atoms with E-state index < -0.39 is 0 Å². The Morgan fingerprint density at radius 2 is 2.00 bits per heavy atom. The van der Waals surface area contributed by atoms with Crippen LogP contribution in [-0.2, 0) is 0 Å². The second-order valence-corrected chi connectivity index (χ2v) is 4.04. The van der Waals surface area contributed by atoms with Crippen LogP contribution in [0.1, 0.15) is 12.5 Å².